The van der Waals surface area contributed by atoms with E-state index in [1.807, 2.05) is 4.90 Å². The van der Waals surface area contributed by atoms with Crippen molar-refractivity contribution >= 4 is 28.3 Å². The van der Waals surface area contributed by atoms with Gasteiger partial charge in [-0.25, -0.2) is 0 Å². The van der Waals surface area contributed by atoms with Gasteiger partial charge in [-0.1, -0.05) is 0 Å². The van der Waals surface area contributed by atoms with Crippen LogP contribution in [0.25, 0.3) is 0 Å². The molecule has 1 unspecified atom stereocenters. The Morgan fingerprint density at radius 1 is 0.920 bits per heavy atom. The first kappa shape index (κ1) is 17.4. The molecule has 1 aliphatic rings. The van der Waals surface area contributed by atoms with E-state index in [0.717, 1.165) is 25.9 Å². The minimum Gasteiger partial charge on any atom is -0.339 e. The fourth-order valence-electron chi connectivity index (χ4n) is 2.80. The van der Waals surface area contributed by atoms with E-state index >= 15 is 0 Å². The standard InChI is InChI=1S/C19H20N2O3S/c1-25(24)17-10-6-14(7-11-17)18(22)20-16-8-4-15(5-9-16)19(23)21-12-2-3-13-21/h4-11H,2-3,12-13H2,1H3,(H,20,22). The molecule has 1 atom stereocenters. The smallest absolute Gasteiger partial charge is 0.255 e. The predicted molar refractivity (Wildman–Crippen MR) is 98.3 cm³/mol. The van der Waals surface area contributed by atoms with E-state index in [2.05, 4.69) is 5.32 Å². The summed E-state index contributed by atoms with van der Waals surface area (Å²) in [5.41, 5.74) is 1.76. The van der Waals surface area contributed by atoms with Gasteiger partial charge in [-0.15, -0.1) is 0 Å². The van der Waals surface area contributed by atoms with E-state index in [4.69, 9.17) is 0 Å². The maximum Gasteiger partial charge on any atom is 0.255 e. The Hall–Kier alpha value is -2.47. The zero-order chi connectivity index (χ0) is 17.8. The minimum absolute atomic E-state index is 0.0403. The molecule has 2 aromatic rings. The maximum absolute atomic E-state index is 12.3. The summed E-state index contributed by atoms with van der Waals surface area (Å²) in [6.07, 6.45) is 3.72. The summed E-state index contributed by atoms with van der Waals surface area (Å²) in [5, 5.41) is 2.80. The second-order valence-electron chi connectivity index (χ2n) is 6.01. The Morgan fingerprint density at radius 2 is 1.48 bits per heavy atom. The molecule has 0 saturated carbocycles. The second kappa shape index (κ2) is 7.61. The van der Waals surface area contributed by atoms with Crippen molar-refractivity contribution in [1.29, 1.82) is 0 Å². The molecule has 0 aliphatic carbocycles. The summed E-state index contributed by atoms with van der Waals surface area (Å²) in [7, 11) is -1.06. The average molecular weight is 356 g/mol. The third kappa shape index (κ3) is 4.14. The largest absolute Gasteiger partial charge is 0.339 e. The quantitative estimate of drug-likeness (QED) is 0.916. The number of rotatable bonds is 4. The van der Waals surface area contributed by atoms with Crippen molar-refractivity contribution in [1.82, 2.24) is 4.90 Å². The van der Waals surface area contributed by atoms with Gasteiger partial charge in [-0.05, 0) is 61.4 Å². The SMILES string of the molecule is CS(=O)c1ccc(C(=O)Nc2ccc(C(=O)N3CCCC3)cc2)cc1. The molecule has 1 saturated heterocycles. The fraction of sp³-hybridized carbons (Fsp3) is 0.263. The minimum atomic E-state index is -1.06. The molecule has 1 heterocycles. The molecule has 0 aromatic heterocycles. The van der Waals surface area contributed by atoms with E-state index in [-0.39, 0.29) is 11.8 Å². The van der Waals surface area contributed by atoms with Crippen molar-refractivity contribution in [3.8, 4) is 0 Å². The molecule has 0 bridgehead atoms. The Bertz CT molecular complexity index is 794. The van der Waals surface area contributed by atoms with Crippen LogP contribution in [0.3, 0.4) is 0 Å². The van der Waals surface area contributed by atoms with Crippen molar-refractivity contribution in [3.63, 3.8) is 0 Å². The van der Waals surface area contributed by atoms with Crippen LogP contribution in [0.4, 0.5) is 5.69 Å². The fourth-order valence-corrected chi connectivity index (χ4v) is 3.32. The van der Waals surface area contributed by atoms with Crippen LogP contribution < -0.4 is 5.32 Å². The number of nitrogens with one attached hydrogen (secondary N) is 1. The lowest BCUT2D eigenvalue weighted by atomic mass is 10.1. The highest BCUT2D eigenvalue weighted by atomic mass is 32.2. The summed E-state index contributed by atoms with van der Waals surface area (Å²) in [6, 6.07) is 13.6. The number of carbonyl (C=O) groups excluding carboxylic acids is 2. The number of likely N-dealkylation sites (tertiary alicyclic amines) is 1. The highest BCUT2D eigenvalue weighted by molar-refractivity contribution is 7.84. The molecule has 1 aliphatic heterocycles. The molecule has 5 nitrogen and oxygen atoms in total. The van der Waals surface area contributed by atoms with Crippen molar-refractivity contribution in [2.75, 3.05) is 24.7 Å². The van der Waals surface area contributed by atoms with Crippen LogP contribution in [0, 0.1) is 0 Å². The first-order valence-corrected chi connectivity index (χ1v) is 9.74. The summed E-state index contributed by atoms with van der Waals surface area (Å²) in [5.74, 6) is -0.203. The Kier molecular flexibility index (Phi) is 5.28. The zero-order valence-corrected chi connectivity index (χ0v) is 14.8. The van der Waals surface area contributed by atoms with E-state index in [0.29, 0.717) is 21.7 Å². The molecule has 130 valence electrons. The highest BCUT2D eigenvalue weighted by Gasteiger charge is 2.19. The van der Waals surface area contributed by atoms with Crippen molar-refractivity contribution in [2.45, 2.75) is 17.7 Å². The topological polar surface area (TPSA) is 66.5 Å². The molecule has 0 radical (unpaired) electrons. The van der Waals surface area contributed by atoms with Crippen LogP contribution in [0.2, 0.25) is 0 Å². The van der Waals surface area contributed by atoms with Crippen LogP contribution in [-0.4, -0.2) is 40.3 Å². The van der Waals surface area contributed by atoms with Crippen molar-refractivity contribution in [2.24, 2.45) is 0 Å². The van der Waals surface area contributed by atoms with E-state index < -0.39 is 10.8 Å². The van der Waals surface area contributed by atoms with Crippen LogP contribution in [0.15, 0.2) is 53.4 Å². The van der Waals surface area contributed by atoms with Gasteiger partial charge >= 0.3 is 0 Å². The average Bonchev–Trinajstić information content (AvgIpc) is 3.16. The van der Waals surface area contributed by atoms with Crippen molar-refractivity contribution < 1.29 is 13.8 Å². The van der Waals surface area contributed by atoms with Gasteiger partial charge in [0.15, 0.2) is 0 Å². The molecule has 1 N–H and O–H groups in total. The van der Waals surface area contributed by atoms with Gasteiger partial charge in [-0.2, -0.15) is 0 Å². The van der Waals surface area contributed by atoms with Gasteiger partial charge in [-0.3, -0.25) is 13.8 Å². The third-order valence-electron chi connectivity index (χ3n) is 4.23. The van der Waals surface area contributed by atoms with Crippen LogP contribution >= 0.6 is 0 Å². The summed E-state index contributed by atoms with van der Waals surface area (Å²) < 4.78 is 11.4. The summed E-state index contributed by atoms with van der Waals surface area (Å²) >= 11 is 0. The van der Waals surface area contributed by atoms with Crippen LogP contribution in [-0.2, 0) is 10.8 Å². The number of hydrogen-bond donors (Lipinski definition) is 1. The number of hydrogen-bond acceptors (Lipinski definition) is 3. The molecule has 2 aromatic carbocycles. The zero-order valence-electron chi connectivity index (χ0n) is 14.0. The van der Waals surface area contributed by atoms with E-state index in [9.17, 15) is 13.8 Å². The summed E-state index contributed by atoms with van der Waals surface area (Å²) in [6.45, 7) is 1.63. The third-order valence-corrected chi connectivity index (χ3v) is 5.17. The van der Waals surface area contributed by atoms with Crippen LogP contribution in [0.1, 0.15) is 33.6 Å². The van der Waals surface area contributed by atoms with Gasteiger partial charge in [0.2, 0.25) is 0 Å². The molecule has 3 rings (SSSR count). The van der Waals surface area contributed by atoms with E-state index in [1.54, 1.807) is 54.8 Å². The predicted octanol–water partition coefficient (Wildman–Crippen LogP) is 2.91. The molecule has 1 fully saturated rings. The lowest BCUT2D eigenvalue weighted by Gasteiger charge is -2.15. The van der Waals surface area contributed by atoms with Gasteiger partial charge in [0.1, 0.15) is 0 Å². The van der Waals surface area contributed by atoms with Crippen molar-refractivity contribution in [3.05, 3.63) is 59.7 Å². The number of benzene rings is 2. The first-order chi connectivity index (χ1) is 12.0. The molecule has 2 amide bonds. The van der Waals surface area contributed by atoms with E-state index in [1.165, 1.54) is 0 Å². The molecule has 6 heteroatoms. The highest BCUT2D eigenvalue weighted by Crippen LogP contribution is 2.16. The molecule has 0 spiro atoms. The van der Waals surface area contributed by atoms with Gasteiger partial charge < -0.3 is 10.2 Å². The molecular weight excluding hydrogens is 336 g/mol. The maximum atomic E-state index is 12.3. The Balaban J connectivity index is 1.65. The number of anilines is 1. The van der Waals surface area contributed by atoms with Crippen LogP contribution in [0.5, 0.6) is 0 Å². The normalized spacial score (nSPS) is 15.0. The first-order valence-electron chi connectivity index (χ1n) is 8.19. The number of carbonyl (C=O) groups is 2. The van der Waals surface area contributed by atoms with Gasteiger partial charge in [0.25, 0.3) is 11.8 Å². The Morgan fingerprint density at radius 3 is 2.04 bits per heavy atom. The second-order valence-corrected chi connectivity index (χ2v) is 7.39. The van der Waals surface area contributed by atoms with Gasteiger partial charge in [0, 0.05) is 51.9 Å². The molecular formula is C19H20N2O3S. The molecule has 25 heavy (non-hydrogen) atoms. The monoisotopic (exact) mass is 356 g/mol. The summed E-state index contributed by atoms with van der Waals surface area (Å²) in [4.78, 5) is 27.1. The lowest BCUT2D eigenvalue weighted by molar-refractivity contribution is 0.0792. The Labute approximate surface area is 149 Å². The number of amides is 2. The lowest BCUT2D eigenvalue weighted by Crippen LogP contribution is -2.27. The van der Waals surface area contributed by atoms with Gasteiger partial charge in [0.05, 0.1) is 0 Å². The number of nitrogens with zero attached hydrogens (tertiary/aromatic N) is 1.